The molecule has 0 bridgehead atoms. The highest BCUT2D eigenvalue weighted by Gasteiger charge is 2.22. The minimum atomic E-state index is -0.884. The molecule has 1 aliphatic heterocycles. The quantitative estimate of drug-likeness (QED) is 0.810. The number of cyclic esters (lactones) is 1. The zero-order valence-corrected chi connectivity index (χ0v) is 7.80. The van der Waals surface area contributed by atoms with E-state index in [9.17, 15) is 13.6 Å². The summed E-state index contributed by atoms with van der Waals surface area (Å²) in [5, 5.41) is 2.49. The first kappa shape index (κ1) is 9.89. The maximum absolute atomic E-state index is 12.8. The number of carbonyl (C=O) groups is 1. The molecule has 1 heterocycles. The minimum absolute atomic E-state index is 0.303. The van der Waals surface area contributed by atoms with Crippen LogP contribution in [0, 0.1) is 11.6 Å². The van der Waals surface area contributed by atoms with Crippen molar-refractivity contribution < 1.29 is 18.3 Å². The molecule has 1 atom stereocenters. The summed E-state index contributed by atoms with van der Waals surface area (Å²) >= 11 is 0. The molecule has 0 spiro atoms. The van der Waals surface area contributed by atoms with Crippen molar-refractivity contribution in [1.29, 1.82) is 0 Å². The molecule has 1 fully saturated rings. The number of halogens is 2. The summed E-state index contributed by atoms with van der Waals surface area (Å²) in [7, 11) is 0. The van der Waals surface area contributed by atoms with Crippen molar-refractivity contribution in [2.45, 2.75) is 12.5 Å². The Balaban J connectivity index is 2.05. The first-order valence-corrected chi connectivity index (χ1v) is 4.53. The highest BCUT2D eigenvalue weighted by Crippen LogP contribution is 2.13. The molecule has 2 rings (SSSR count). The van der Waals surface area contributed by atoms with E-state index in [1.54, 1.807) is 0 Å². The molecule has 0 aliphatic carbocycles. The van der Waals surface area contributed by atoms with Gasteiger partial charge in [0.1, 0.15) is 6.10 Å². The lowest BCUT2D eigenvalue weighted by molar-refractivity contribution is 0.140. The lowest BCUT2D eigenvalue weighted by Gasteiger charge is -2.07. The Bertz CT molecular complexity index is 395. The second-order valence-corrected chi connectivity index (χ2v) is 3.36. The average molecular weight is 213 g/mol. The Kier molecular flexibility index (Phi) is 2.53. The van der Waals surface area contributed by atoms with Crippen LogP contribution in [0.3, 0.4) is 0 Å². The summed E-state index contributed by atoms with van der Waals surface area (Å²) in [6, 6.07) is 3.65. The van der Waals surface area contributed by atoms with Crippen LogP contribution < -0.4 is 5.32 Å². The van der Waals surface area contributed by atoms with Crippen LogP contribution in [0.4, 0.5) is 13.6 Å². The van der Waals surface area contributed by atoms with E-state index in [4.69, 9.17) is 4.74 Å². The standard InChI is InChI=1S/C10H9F2NO2/c11-8-2-1-6(4-9(8)12)3-7-5-13-10(14)15-7/h1-2,4,7H,3,5H2,(H,13,14). The number of ether oxygens (including phenoxy) is 1. The number of hydrogen-bond donors (Lipinski definition) is 1. The van der Waals surface area contributed by atoms with Crippen LogP contribution in [0.5, 0.6) is 0 Å². The minimum Gasteiger partial charge on any atom is -0.444 e. The van der Waals surface area contributed by atoms with E-state index in [1.165, 1.54) is 6.07 Å². The number of hydrogen-bond acceptors (Lipinski definition) is 2. The van der Waals surface area contributed by atoms with Crippen LogP contribution in [0.25, 0.3) is 0 Å². The molecule has 1 amide bonds. The number of carbonyl (C=O) groups excluding carboxylic acids is 1. The topological polar surface area (TPSA) is 38.3 Å². The molecule has 1 saturated heterocycles. The van der Waals surface area contributed by atoms with Crippen molar-refractivity contribution in [3.63, 3.8) is 0 Å². The molecular formula is C10H9F2NO2. The molecule has 3 nitrogen and oxygen atoms in total. The number of rotatable bonds is 2. The maximum Gasteiger partial charge on any atom is 0.407 e. The first-order valence-electron chi connectivity index (χ1n) is 4.53. The van der Waals surface area contributed by atoms with E-state index >= 15 is 0 Å². The number of nitrogens with one attached hydrogen (secondary N) is 1. The summed E-state index contributed by atoms with van der Waals surface area (Å²) in [6.07, 6.45) is -0.388. The second kappa shape index (κ2) is 3.84. The normalized spacial score (nSPS) is 19.9. The van der Waals surface area contributed by atoms with Gasteiger partial charge in [0.15, 0.2) is 11.6 Å². The summed E-state index contributed by atoms with van der Waals surface area (Å²) in [6.45, 7) is 0.401. The van der Waals surface area contributed by atoms with E-state index in [2.05, 4.69) is 5.32 Å². The van der Waals surface area contributed by atoms with Crippen molar-refractivity contribution >= 4 is 6.09 Å². The van der Waals surface area contributed by atoms with Gasteiger partial charge in [-0.05, 0) is 17.7 Å². The van der Waals surface area contributed by atoms with Gasteiger partial charge in [-0.1, -0.05) is 6.07 Å². The predicted molar refractivity (Wildman–Crippen MR) is 48.3 cm³/mol. The molecule has 1 aliphatic rings. The fourth-order valence-electron chi connectivity index (χ4n) is 1.48. The molecule has 0 radical (unpaired) electrons. The average Bonchev–Trinajstić information content (AvgIpc) is 2.58. The van der Waals surface area contributed by atoms with Gasteiger partial charge in [-0.2, -0.15) is 0 Å². The largest absolute Gasteiger partial charge is 0.444 e. The van der Waals surface area contributed by atoms with Gasteiger partial charge < -0.3 is 10.1 Å². The third-order valence-corrected chi connectivity index (χ3v) is 2.20. The Morgan fingerprint density at radius 1 is 1.40 bits per heavy atom. The Hall–Kier alpha value is -1.65. The molecule has 1 aromatic carbocycles. The Morgan fingerprint density at radius 3 is 2.80 bits per heavy atom. The molecule has 0 saturated carbocycles. The van der Waals surface area contributed by atoms with Gasteiger partial charge in [0, 0.05) is 6.42 Å². The van der Waals surface area contributed by atoms with E-state index in [-0.39, 0.29) is 6.10 Å². The van der Waals surface area contributed by atoms with E-state index in [1.807, 2.05) is 0 Å². The third-order valence-electron chi connectivity index (χ3n) is 2.20. The van der Waals surface area contributed by atoms with Crippen LogP contribution in [-0.4, -0.2) is 18.7 Å². The van der Waals surface area contributed by atoms with Gasteiger partial charge >= 0.3 is 6.09 Å². The Labute approximate surface area is 85.0 Å². The molecule has 0 aromatic heterocycles. The molecule has 1 aromatic rings. The summed E-state index contributed by atoms with van der Waals surface area (Å²) in [5.41, 5.74) is 0.607. The molecule has 1 N–H and O–H groups in total. The highest BCUT2D eigenvalue weighted by molar-refractivity contribution is 5.69. The highest BCUT2D eigenvalue weighted by atomic mass is 19.2. The van der Waals surface area contributed by atoms with Gasteiger partial charge in [0.05, 0.1) is 6.54 Å². The summed E-state index contributed by atoms with van der Waals surface area (Å²) in [5.74, 6) is -1.76. The zero-order chi connectivity index (χ0) is 10.8. The second-order valence-electron chi connectivity index (χ2n) is 3.36. The third kappa shape index (κ3) is 2.23. The first-order chi connectivity index (χ1) is 7.15. The van der Waals surface area contributed by atoms with Crippen molar-refractivity contribution in [1.82, 2.24) is 5.32 Å². The van der Waals surface area contributed by atoms with Gasteiger partial charge in [-0.15, -0.1) is 0 Å². The summed E-state index contributed by atoms with van der Waals surface area (Å²) < 4.78 is 30.3. The smallest absolute Gasteiger partial charge is 0.407 e. The van der Waals surface area contributed by atoms with Crippen molar-refractivity contribution in [3.05, 3.63) is 35.4 Å². The Morgan fingerprint density at radius 2 is 2.20 bits per heavy atom. The fraction of sp³-hybridized carbons (Fsp3) is 0.300. The van der Waals surface area contributed by atoms with Gasteiger partial charge in [-0.25, -0.2) is 13.6 Å². The number of alkyl carbamates (subject to hydrolysis) is 1. The van der Waals surface area contributed by atoms with Gasteiger partial charge in [0.25, 0.3) is 0 Å². The summed E-state index contributed by atoms with van der Waals surface area (Å²) in [4.78, 5) is 10.7. The van der Waals surface area contributed by atoms with E-state index < -0.39 is 17.7 Å². The van der Waals surface area contributed by atoms with Crippen molar-refractivity contribution in [3.8, 4) is 0 Å². The van der Waals surface area contributed by atoms with Crippen LogP contribution in [0.15, 0.2) is 18.2 Å². The zero-order valence-electron chi connectivity index (χ0n) is 7.80. The lowest BCUT2D eigenvalue weighted by Crippen LogP contribution is -2.17. The molecule has 1 unspecified atom stereocenters. The van der Waals surface area contributed by atoms with E-state index in [0.717, 1.165) is 12.1 Å². The van der Waals surface area contributed by atoms with Gasteiger partial charge in [0.2, 0.25) is 0 Å². The molecule has 5 heteroatoms. The van der Waals surface area contributed by atoms with Crippen LogP contribution in [0.1, 0.15) is 5.56 Å². The van der Waals surface area contributed by atoms with E-state index in [0.29, 0.717) is 18.5 Å². The SMILES string of the molecule is O=C1NCC(Cc2ccc(F)c(F)c2)O1. The number of benzene rings is 1. The van der Waals surface area contributed by atoms with Crippen LogP contribution in [-0.2, 0) is 11.2 Å². The van der Waals surface area contributed by atoms with Crippen molar-refractivity contribution in [2.24, 2.45) is 0 Å². The maximum atomic E-state index is 12.8. The number of amides is 1. The molecule has 15 heavy (non-hydrogen) atoms. The molecular weight excluding hydrogens is 204 g/mol. The lowest BCUT2D eigenvalue weighted by atomic mass is 10.1. The monoisotopic (exact) mass is 213 g/mol. The predicted octanol–water partition coefficient (Wildman–Crippen LogP) is 1.62. The molecule has 80 valence electrons. The van der Waals surface area contributed by atoms with Gasteiger partial charge in [-0.3, -0.25) is 0 Å². The van der Waals surface area contributed by atoms with Crippen molar-refractivity contribution in [2.75, 3.05) is 6.54 Å². The van der Waals surface area contributed by atoms with Crippen LogP contribution >= 0.6 is 0 Å². The fourth-order valence-corrected chi connectivity index (χ4v) is 1.48. The van der Waals surface area contributed by atoms with Crippen LogP contribution in [0.2, 0.25) is 0 Å².